The van der Waals surface area contributed by atoms with Crippen molar-refractivity contribution in [3.05, 3.63) is 70.8 Å². The summed E-state index contributed by atoms with van der Waals surface area (Å²) in [5.41, 5.74) is 5.71. The molecule has 1 heteroatoms. The molecule has 0 heterocycles. The lowest BCUT2D eigenvalue weighted by molar-refractivity contribution is -0.106. The minimum absolute atomic E-state index is 0.750. The van der Waals surface area contributed by atoms with E-state index in [0.29, 0.717) is 0 Å². The van der Waals surface area contributed by atoms with Crippen molar-refractivity contribution in [3.63, 3.8) is 0 Å². The number of carbonyl (C=O) groups is 1. The predicted molar refractivity (Wildman–Crippen MR) is 102 cm³/mol. The molecule has 0 saturated carbocycles. The topological polar surface area (TPSA) is 17.1 Å². The number of hydrogen-bond donors (Lipinski definition) is 0. The molecule has 126 valence electrons. The van der Waals surface area contributed by atoms with Gasteiger partial charge in [0.25, 0.3) is 0 Å². The summed E-state index contributed by atoms with van der Waals surface area (Å²) in [4.78, 5) is 8.81. The third kappa shape index (κ3) is 9.67. The Bertz CT molecular complexity index is 415. The van der Waals surface area contributed by atoms with Crippen LogP contribution < -0.4 is 0 Å². The molecule has 0 unspecified atom stereocenters. The average Bonchev–Trinajstić information content (AvgIpc) is 2.63. The largest absolute Gasteiger partial charge is 0.304 e. The zero-order valence-electron chi connectivity index (χ0n) is 15.4. The second-order valence-electron chi connectivity index (χ2n) is 5.28. The molecule has 0 aliphatic heterocycles. The molecule has 0 saturated heterocycles. The molecule has 1 nitrogen and oxygen atoms in total. The first-order valence-corrected chi connectivity index (χ1v) is 8.70. The van der Waals surface area contributed by atoms with E-state index in [2.05, 4.69) is 76.2 Å². The van der Waals surface area contributed by atoms with Crippen LogP contribution in [0.25, 0.3) is 0 Å². The van der Waals surface area contributed by atoms with Crippen molar-refractivity contribution in [2.75, 3.05) is 0 Å². The number of rotatable bonds is 4. The summed E-state index contributed by atoms with van der Waals surface area (Å²) in [6, 6.07) is 17.7. The van der Waals surface area contributed by atoms with Crippen molar-refractivity contribution in [3.8, 4) is 0 Å². The molecule has 0 amide bonds. The Balaban J connectivity index is 0.000000360. The third-order valence-electron chi connectivity index (χ3n) is 3.68. The first-order valence-electron chi connectivity index (χ1n) is 8.70. The average molecular weight is 312 g/mol. The summed E-state index contributed by atoms with van der Waals surface area (Å²) < 4.78 is 0. The Morgan fingerprint density at radius 2 is 0.696 bits per heavy atom. The lowest BCUT2D eigenvalue weighted by Gasteiger charge is -1.97. The Morgan fingerprint density at radius 3 is 0.783 bits per heavy atom. The quantitative estimate of drug-likeness (QED) is 0.649. The molecule has 0 spiro atoms. The van der Waals surface area contributed by atoms with E-state index in [4.69, 9.17) is 4.79 Å². The van der Waals surface area contributed by atoms with Gasteiger partial charge in [0, 0.05) is 0 Å². The van der Waals surface area contributed by atoms with Gasteiger partial charge in [0.1, 0.15) is 6.29 Å². The molecular formula is C22H32O. The molecule has 2 rings (SSSR count). The molecule has 0 atom stereocenters. The van der Waals surface area contributed by atoms with Crippen LogP contribution in [0.5, 0.6) is 0 Å². The summed E-state index contributed by atoms with van der Waals surface area (Å²) in [6.45, 7) is 10.2. The highest BCUT2D eigenvalue weighted by Gasteiger charge is 1.89. The van der Waals surface area contributed by atoms with Crippen LogP contribution in [0.15, 0.2) is 48.5 Å². The summed E-state index contributed by atoms with van der Waals surface area (Å²) in [6.07, 6.45) is 5.32. The van der Waals surface area contributed by atoms with E-state index in [0.717, 1.165) is 32.0 Å². The van der Waals surface area contributed by atoms with Crippen LogP contribution in [-0.4, -0.2) is 6.29 Å². The highest BCUT2D eigenvalue weighted by atomic mass is 16.1. The lowest BCUT2D eigenvalue weighted by atomic mass is 10.1. The highest BCUT2D eigenvalue weighted by Crippen LogP contribution is 2.05. The van der Waals surface area contributed by atoms with Crippen molar-refractivity contribution in [1.29, 1.82) is 0 Å². The fourth-order valence-electron chi connectivity index (χ4n) is 2.02. The van der Waals surface area contributed by atoms with Crippen LogP contribution in [0.2, 0.25) is 0 Å². The summed E-state index contributed by atoms with van der Waals surface area (Å²) in [7, 11) is 0. The maximum absolute atomic E-state index is 8.81. The molecule has 0 radical (unpaired) electrons. The van der Waals surface area contributed by atoms with Crippen molar-refractivity contribution in [2.24, 2.45) is 0 Å². The van der Waals surface area contributed by atoms with Gasteiger partial charge in [-0.1, -0.05) is 76.2 Å². The zero-order chi connectivity index (χ0) is 17.5. The predicted octanol–water partition coefficient (Wildman–Crippen LogP) is 5.83. The molecule has 0 aliphatic rings. The van der Waals surface area contributed by atoms with Crippen LogP contribution in [0.3, 0.4) is 0 Å². The minimum Gasteiger partial charge on any atom is -0.304 e. The van der Waals surface area contributed by atoms with E-state index in [1.807, 2.05) is 0 Å². The van der Waals surface area contributed by atoms with E-state index in [-0.39, 0.29) is 0 Å². The van der Waals surface area contributed by atoms with E-state index in [1.165, 1.54) is 29.2 Å². The minimum atomic E-state index is 0.750. The van der Waals surface area contributed by atoms with E-state index in [9.17, 15) is 0 Å². The first kappa shape index (κ1) is 21.1. The third-order valence-corrected chi connectivity index (χ3v) is 3.68. The van der Waals surface area contributed by atoms with Crippen LogP contribution in [-0.2, 0) is 30.5 Å². The maximum atomic E-state index is 8.81. The Labute approximate surface area is 142 Å². The van der Waals surface area contributed by atoms with Crippen molar-refractivity contribution in [2.45, 2.75) is 60.3 Å². The van der Waals surface area contributed by atoms with Gasteiger partial charge < -0.3 is 4.79 Å². The number of aldehydes is 1. The molecule has 0 aliphatic carbocycles. The first-order chi connectivity index (χ1) is 11.1. The van der Waals surface area contributed by atoms with Gasteiger partial charge in [-0.3, -0.25) is 0 Å². The van der Waals surface area contributed by atoms with Gasteiger partial charge in [-0.2, -0.15) is 0 Å². The lowest BCUT2D eigenvalue weighted by Crippen LogP contribution is -1.81. The molecule has 2 aromatic carbocycles. The second-order valence-corrected chi connectivity index (χ2v) is 5.28. The summed E-state index contributed by atoms with van der Waals surface area (Å²) >= 11 is 0. The summed E-state index contributed by atoms with van der Waals surface area (Å²) in [5, 5.41) is 0. The number of carbonyl (C=O) groups excluding carboxylic acids is 1. The van der Waals surface area contributed by atoms with Crippen molar-refractivity contribution >= 4 is 6.29 Å². The van der Waals surface area contributed by atoms with Crippen LogP contribution >= 0.6 is 0 Å². The zero-order valence-corrected chi connectivity index (χ0v) is 15.4. The molecule has 0 fully saturated rings. The normalized spacial score (nSPS) is 9.09. The van der Waals surface area contributed by atoms with Gasteiger partial charge >= 0.3 is 0 Å². The number of hydrogen-bond acceptors (Lipinski definition) is 1. The number of aryl methyl sites for hydroxylation is 4. The molecular weight excluding hydrogens is 280 g/mol. The number of benzene rings is 2. The summed E-state index contributed by atoms with van der Waals surface area (Å²) in [5.74, 6) is 0. The molecule has 2 aromatic rings. The smallest absolute Gasteiger partial charge is 0.116 e. The van der Waals surface area contributed by atoms with Gasteiger partial charge in [-0.15, -0.1) is 0 Å². The van der Waals surface area contributed by atoms with E-state index in [1.54, 1.807) is 0 Å². The van der Waals surface area contributed by atoms with Gasteiger partial charge in [0.05, 0.1) is 0 Å². The van der Waals surface area contributed by atoms with Gasteiger partial charge in [-0.05, 0) is 54.9 Å². The molecule has 0 aromatic heterocycles. The van der Waals surface area contributed by atoms with Gasteiger partial charge in [0.15, 0.2) is 0 Å². The maximum Gasteiger partial charge on any atom is 0.116 e. The van der Waals surface area contributed by atoms with Crippen molar-refractivity contribution in [1.82, 2.24) is 0 Å². The Hall–Kier alpha value is -1.89. The SMILES string of the molecule is CC=O.CCc1ccc(CC)cc1.CCc1ccc(CC)cc1. The van der Waals surface area contributed by atoms with E-state index >= 15 is 0 Å². The fraction of sp³-hybridized carbons (Fsp3) is 0.409. The molecule has 0 N–H and O–H groups in total. The molecule has 0 bridgehead atoms. The Kier molecular flexibility index (Phi) is 12.6. The van der Waals surface area contributed by atoms with Crippen LogP contribution in [0.1, 0.15) is 56.9 Å². The van der Waals surface area contributed by atoms with Crippen LogP contribution in [0.4, 0.5) is 0 Å². The molecule has 23 heavy (non-hydrogen) atoms. The monoisotopic (exact) mass is 312 g/mol. The fourth-order valence-corrected chi connectivity index (χ4v) is 2.02. The van der Waals surface area contributed by atoms with Crippen molar-refractivity contribution < 1.29 is 4.79 Å². The highest BCUT2D eigenvalue weighted by molar-refractivity contribution is 5.44. The van der Waals surface area contributed by atoms with Gasteiger partial charge in [-0.25, -0.2) is 0 Å². The Morgan fingerprint density at radius 1 is 0.565 bits per heavy atom. The van der Waals surface area contributed by atoms with Crippen LogP contribution in [0, 0.1) is 0 Å². The van der Waals surface area contributed by atoms with E-state index < -0.39 is 0 Å². The standard InChI is InChI=1S/2C10H14.C2H4O/c2*1-3-9-5-7-10(4-2)8-6-9;1-2-3/h2*5-8H,3-4H2,1-2H3;2H,1H3. The second kappa shape index (κ2) is 13.8. The van der Waals surface area contributed by atoms with Gasteiger partial charge in [0.2, 0.25) is 0 Å².